The number of hydrogen-bond donors (Lipinski definition) is 0. The zero-order valence-corrected chi connectivity index (χ0v) is 8.92. The van der Waals surface area contributed by atoms with E-state index in [9.17, 15) is 4.39 Å². The summed E-state index contributed by atoms with van der Waals surface area (Å²) in [5.41, 5.74) is 0. The van der Waals surface area contributed by atoms with Gasteiger partial charge in [-0.25, -0.2) is 4.39 Å². The van der Waals surface area contributed by atoms with Gasteiger partial charge in [-0.05, 0) is 19.1 Å². The SMILES string of the molecule is Cc1noc(CSc2ccccc2F)n1. The maximum absolute atomic E-state index is 13.2. The number of aryl methyl sites for hydroxylation is 1. The molecule has 78 valence electrons. The third-order valence-electron chi connectivity index (χ3n) is 1.76. The van der Waals surface area contributed by atoms with Crippen molar-refractivity contribution in [2.24, 2.45) is 0 Å². The van der Waals surface area contributed by atoms with Crippen molar-refractivity contribution in [2.45, 2.75) is 17.6 Å². The van der Waals surface area contributed by atoms with Crippen molar-refractivity contribution >= 4 is 11.8 Å². The van der Waals surface area contributed by atoms with Crippen LogP contribution in [0.25, 0.3) is 0 Å². The molecule has 0 unspecified atom stereocenters. The number of halogens is 1. The molecule has 0 aliphatic carbocycles. The monoisotopic (exact) mass is 224 g/mol. The predicted molar refractivity (Wildman–Crippen MR) is 55.0 cm³/mol. The highest BCUT2D eigenvalue weighted by molar-refractivity contribution is 7.98. The normalized spacial score (nSPS) is 10.5. The first kappa shape index (κ1) is 10.2. The number of rotatable bonds is 3. The van der Waals surface area contributed by atoms with Crippen LogP contribution in [-0.2, 0) is 5.75 Å². The summed E-state index contributed by atoms with van der Waals surface area (Å²) >= 11 is 1.34. The summed E-state index contributed by atoms with van der Waals surface area (Å²) in [5.74, 6) is 1.38. The number of benzene rings is 1. The third-order valence-corrected chi connectivity index (χ3v) is 2.79. The fourth-order valence-corrected chi connectivity index (χ4v) is 1.88. The summed E-state index contributed by atoms with van der Waals surface area (Å²) in [5, 5.41) is 3.66. The van der Waals surface area contributed by atoms with Gasteiger partial charge in [0.25, 0.3) is 0 Å². The molecule has 0 aliphatic heterocycles. The Bertz CT molecular complexity index is 458. The molecule has 0 atom stereocenters. The fraction of sp³-hybridized carbons (Fsp3) is 0.200. The zero-order valence-electron chi connectivity index (χ0n) is 8.11. The molecular weight excluding hydrogens is 215 g/mol. The van der Waals surface area contributed by atoms with Gasteiger partial charge in [-0.2, -0.15) is 4.98 Å². The molecule has 0 N–H and O–H groups in total. The smallest absolute Gasteiger partial charge is 0.236 e. The Morgan fingerprint density at radius 3 is 2.87 bits per heavy atom. The Labute approximate surface area is 90.7 Å². The van der Waals surface area contributed by atoms with Gasteiger partial charge in [-0.15, -0.1) is 11.8 Å². The summed E-state index contributed by atoms with van der Waals surface area (Å²) in [4.78, 5) is 4.63. The lowest BCUT2D eigenvalue weighted by molar-refractivity contribution is 0.387. The molecule has 0 bridgehead atoms. The first-order valence-electron chi connectivity index (χ1n) is 4.42. The van der Waals surface area contributed by atoms with Gasteiger partial charge < -0.3 is 4.52 Å². The highest BCUT2D eigenvalue weighted by atomic mass is 32.2. The summed E-state index contributed by atoms with van der Waals surface area (Å²) in [7, 11) is 0. The van der Waals surface area contributed by atoms with Crippen LogP contribution < -0.4 is 0 Å². The molecule has 3 nitrogen and oxygen atoms in total. The molecule has 0 saturated heterocycles. The Morgan fingerprint density at radius 1 is 1.40 bits per heavy atom. The molecule has 0 saturated carbocycles. The van der Waals surface area contributed by atoms with E-state index in [2.05, 4.69) is 10.1 Å². The lowest BCUT2D eigenvalue weighted by Gasteiger charge is -1.98. The molecule has 0 radical (unpaired) electrons. The van der Waals surface area contributed by atoms with Crippen LogP contribution in [0.3, 0.4) is 0 Å². The van der Waals surface area contributed by atoms with E-state index in [4.69, 9.17) is 4.52 Å². The van der Waals surface area contributed by atoms with Gasteiger partial charge in [0.15, 0.2) is 5.82 Å². The highest BCUT2D eigenvalue weighted by Crippen LogP contribution is 2.24. The highest BCUT2D eigenvalue weighted by Gasteiger charge is 2.06. The summed E-state index contributed by atoms with van der Waals surface area (Å²) < 4.78 is 18.1. The van der Waals surface area contributed by atoms with Crippen molar-refractivity contribution in [1.82, 2.24) is 10.1 Å². The summed E-state index contributed by atoms with van der Waals surface area (Å²) in [6.07, 6.45) is 0. The minimum atomic E-state index is -0.223. The van der Waals surface area contributed by atoms with Crippen LogP contribution in [0.4, 0.5) is 4.39 Å². The average molecular weight is 224 g/mol. The van der Waals surface area contributed by atoms with Gasteiger partial charge in [0.2, 0.25) is 5.89 Å². The van der Waals surface area contributed by atoms with Gasteiger partial charge >= 0.3 is 0 Å². The van der Waals surface area contributed by atoms with Crippen LogP contribution >= 0.6 is 11.8 Å². The van der Waals surface area contributed by atoms with Crippen molar-refractivity contribution in [3.05, 3.63) is 41.8 Å². The molecule has 1 aromatic heterocycles. The van der Waals surface area contributed by atoms with Crippen LogP contribution in [0, 0.1) is 12.7 Å². The van der Waals surface area contributed by atoms with Crippen LogP contribution in [-0.4, -0.2) is 10.1 Å². The van der Waals surface area contributed by atoms with E-state index in [0.29, 0.717) is 22.4 Å². The standard InChI is InChI=1S/C10H9FN2OS/c1-7-12-10(14-13-7)6-15-9-5-3-2-4-8(9)11/h2-5H,6H2,1H3. The summed E-state index contributed by atoms with van der Waals surface area (Å²) in [6, 6.07) is 6.62. The second kappa shape index (κ2) is 4.44. The van der Waals surface area contributed by atoms with Crippen molar-refractivity contribution in [1.29, 1.82) is 0 Å². The first-order chi connectivity index (χ1) is 7.25. The minimum Gasteiger partial charge on any atom is -0.338 e. The number of nitrogens with zero attached hydrogens (tertiary/aromatic N) is 2. The predicted octanol–water partition coefficient (Wildman–Crippen LogP) is 2.81. The molecule has 15 heavy (non-hydrogen) atoms. The Morgan fingerprint density at radius 2 is 2.20 bits per heavy atom. The molecule has 1 heterocycles. The van der Waals surface area contributed by atoms with Crippen molar-refractivity contribution in [2.75, 3.05) is 0 Å². The van der Waals surface area contributed by atoms with Crippen LogP contribution in [0.2, 0.25) is 0 Å². The minimum absolute atomic E-state index is 0.223. The van der Waals surface area contributed by atoms with Crippen LogP contribution in [0.15, 0.2) is 33.7 Å². The molecule has 2 aromatic rings. The average Bonchev–Trinajstić information content (AvgIpc) is 2.63. The van der Waals surface area contributed by atoms with E-state index in [0.717, 1.165) is 0 Å². The third kappa shape index (κ3) is 2.56. The first-order valence-corrected chi connectivity index (χ1v) is 5.41. The van der Waals surface area contributed by atoms with Crippen molar-refractivity contribution in [3.63, 3.8) is 0 Å². The quantitative estimate of drug-likeness (QED) is 0.751. The van der Waals surface area contributed by atoms with Crippen LogP contribution in [0.5, 0.6) is 0 Å². The lowest BCUT2D eigenvalue weighted by Crippen LogP contribution is -1.83. The maximum atomic E-state index is 13.2. The van der Waals surface area contributed by atoms with Crippen molar-refractivity contribution in [3.8, 4) is 0 Å². The van der Waals surface area contributed by atoms with E-state index < -0.39 is 0 Å². The topological polar surface area (TPSA) is 38.9 Å². The number of hydrogen-bond acceptors (Lipinski definition) is 4. The van der Waals surface area contributed by atoms with Gasteiger partial charge in [-0.3, -0.25) is 0 Å². The number of thioether (sulfide) groups is 1. The van der Waals surface area contributed by atoms with E-state index in [1.54, 1.807) is 25.1 Å². The molecular formula is C10H9FN2OS. The molecule has 0 spiro atoms. The molecule has 0 fully saturated rings. The van der Waals surface area contributed by atoms with E-state index in [-0.39, 0.29) is 5.82 Å². The Hall–Kier alpha value is -1.36. The zero-order chi connectivity index (χ0) is 10.7. The van der Waals surface area contributed by atoms with Gasteiger partial charge in [0.1, 0.15) is 5.82 Å². The maximum Gasteiger partial charge on any atom is 0.236 e. The van der Waals surface area contributed by atoms with E-state index in [1.165, 1.54) is 17.8 Å². The summed E-state index contributed by atoms with van der Waals surface area (Å²) in [6.45, 7) is 1.75. The second-order valence-corrected chi connectivity index (χ2v) is 3.97. The van der Waals surface area contributed by atoms with E-state index in [1.807, 2.05) is 0 Å². The van der Waals surface area contributed by atoms with Gasteiger partial charge in [0.05, 0.1) is 5.75 Å². The fourth-order valence-electron chi connectivity index (χ4n) is 1.10. The molecule has 0 amide bonds. The second-order valence-electron chi connectivity index (χ2n) is 2.95. The number of aromatic nitrogens is 2. The largest absolute Gasteiger partial charge is 0.338 e. The van der Waals surface area contributed by atoms with E-state index >= 15 is 0 Å². The Kier molecular flexibility index (Phi) is 3.01. The van der Waals surface area contributed by atoms with Gasteiger partial charge in [0, 0.05) is 4.90 Å². The molecule has 5 heteroatoms. The molecule has 1 aromatic carbocycles. The van der Waals surface area contributed by atoms with Crippen molar-refractivity contribution < 1.29 is 8.91 Å². The molecule has 2 rings (SSSR count). The molecule has 0 aliphatic rings. The van der Waals surface area contributed by atoms with Gasteiger partial charge in [-0.1, -0.05) is 17.3 Å². The van der Waals surface area contributed by atoms with Crippen LogP contribution in [0.1, 0.15) is 11.7 Å². The Balaban J connectivity index is 2.02. The lowest BCUT2D eigenvalue weighted by atomic mass is 10.3.